The molecule has 0 radical (unpaired) electrons. The van der Waals surface area contributed by atoms with Gasteiger partial charge in [-0.15, -0.1) is 5.01 Å². The zero-order chi connectivity index (χ0) is 6.58. The molecule has 0 aromatic carbocycles. The van der Waals surface area contributed by atoms with Crippen LogP contribution in [-0.4, -0.2) is 17.1 Å². The van der Waals surface area contributed by atoms with Crippen LogP contribution in [-0.2, 0) is 0 Å². The zero-order valence-electron chi connectivity index (χ0n) is 3.54. The van der Waals surface area contributed by atoms with E-state index in [-0.39, 0.29) is 0 Å². The first kappa shape index (κ1) is 5.77. The van der Waals surface area contributed by atoms with Gasteiger partial charge in [0.25, 0.3) is 0 Å². The predicted molar refractivity (Wildman–Crippen MR) is 15.9 cm³/mol. The fourth-order valence-electron chi connectivity index (χ4n) is 0.275. The van der Waals surface area contributed by atoms with E-state index in [0.717, 1.165) is 0 Å². The SMILES string of the molecule is NN1C(F)(F)C1(F)F. The number of hydrogen-bond acceptors (Lipinski definition) is 2. The second-order valence-corrected chi connectivity index (χ2v) is 1.45. The summed E-state index contributed by atoms with van der Waals surface area (Å²) in [5.74, 6) is 4.11. The molecule has 1 saturated heterocycles. The fraction of sp³-hybridized carbons (Fsp3) is 1.00. The van der Waals surface area contributed by atoms with Gasteiger partial charge >= 0.3 is 12.1 Å². The van der Waals surface area contributed by atoms with Gasteiger partial charge in [0.05, 0.1) is 0 Å². The van der Waals surface area contributed by atoms with Crippen molar-refractivity contribution in [3.05, 3.63) is 0 Å². The number of alkyl halides is 4. The molecule has 0 aromatic heterocycles. The zero-order valence-corrected chi connectivity index (χ0v) is 3.54. The Labute approximate surface area is 41.8 Å². The van der Waals surface area contributed by atoms with Crippen LogP contribution >= 0.6 is 0 Å². The monoisotopic (exact) mass is 130 g/mol. The number of nitrogens with zero attached hydrogens (tertiary/aromatic N) is 1. The second-order valence-electron chi connectivity index (χ2n) is 1.45. The third-order valence-electron chi connectivity index (χ3n) is 0.917. The standard InChI is InChI=1S/C2H2F4N2/c3-1(4)2(5,6)8(1)7/h7H2. The highest BCUT2D eigenvalue weighted by atomic mass is 19.3. The molecule has 0 bridgehead atoms. The van der Waals surface area contributed by atoms with E-state index in [2.05, 4.69) is 5.84 Å². The van der Waals surface area contributed by atoms with Crippen LogP contribution in [0.15, 0.2) is 0 Å². The number of nitrogens with two attached hydrogens (primary N) is 1. The first-order valence-electron chi connectivity index (χ1n) is 1.71. The van der Waals surface area contributed by atoms with Crippen molar-refractivity contribution < 1.29 is 17.6 Å². The molecule has 48 valence electrons. The molecule has 0 atom stereocenters. The quantitative estimate of drug-likeness (QED) is 0.222. The molecule has 1 aliphatic heterocycles. The summed E-state index contributed by atoms with van der Waals surface area (Å²) in [5.41, 5.74) is 0. The number of rotatable bonds is 0. The van der Waals surface area contributed by atoms with E-state index in [9.17, 15) is 17.6 Å². The van der Waals surface area contributed by atoms with E-state index in [1.54, 1.807) is 0 Å². The molecule has 6 heteroatoms. The van der Waals surface area contributed by atoms with Crippen molar-refractivity contribution in [3.8, 4) is 0 Å². The van der Waals surface area contributed by atoms with Crippen LogP contribution < -0.4 is 5.84 Å². The molecule has 0 amide bonds. The van der Waals surface area contributed by atoms with Gasteiger partial charge in [0.1, 0.15) is 0 Å². The third-order valence-corrected chi connectivity index (χ3v) is 0.917. The molecule has 0 aromatic rings. The molecular formula is C2H2F4N2. The predicted octanol–water partition coefficient (Wildman–Crippen LogP) is 0.361. The Morgan fingerprint density at radius 3 is 1.12 bits per heavy atom. The molecule has 2 nitrogen and oxygen atoms in total. The van der Waals surface area contributed by atoms with Crippen LogP contribution in [0.2, 0.25) is 0 Å². The van der Waals surface area contributed by atoms with E-state index in [1.165, 1.54) is 0 Å². The van der Waals surface area contributed by atoms with Gasteiger partial charge in [-0.3, -0.25) is 5.84 Å². The van der Waals surface area contributed by atoms with E-state index in [0.29, 0.717) is 0 Å². The Hall–Kier alpha value is -0.360. The summed E-state index contributed by atoms with van der Waals surface area (Å²) in [4.78, 5) is 0. The van der Waals surface area contributed by atoms with Gasteiger partial charge in [0, 0.05) is 0 Å². The van der Waals surface area contributed by atoms with Crippen molar-refractivity contribution in [2.24, 2.45) is 5.84 Å². The molecule has 0 spiro atoms. The smallest absolute Gasteiger partial charge is 0.258 e. The first-order chi connectivity index (χ1) is 3.40. The largest absolute Gasteiger partial charge is 0.400 e. The lowest BCUT2D eigenvalue weighted by molar-refractivity contribution is -0.0278. The maximum absolute atomic E-state index is 11.4. The van der Waals surface area contributed by atoms with Gasteiger partial charge in [0.15, 0.2) is 0 Å². The van der Waals surface area contributed by atoms with Crippen molar-refractivity contribution in [2.45, 2.75) is 12.1 Å². The Balaban J connectivity index is 2.72. The fourth-order valence-corrected chi connectivity index (χ4v) is 0.275. The summed E-state index contributed by atoms with van der Waals surface area (Å²) >= 11 is 0. The summed E-state index contributed by atoms with van der Waals surface area (Å²) in [7, 11) is 0. The van der Waals surface area contributed by atoms with Crippen molar-refractivity contribution in [2.75, 3.05) is 0 Å². The van der Waals surface area contributed by atoms with E-state index >= 15 is 0 Å². The lowest BCUT2D eigenvalue weighted by Crippen LogP contribution is -2.14. The molecule has 2 N–H and O–H groups in total. The minimum absolute atomic E-state index is 0.792. The minimum Gasteiger partial charge on any atom is -0.258 e. The van der Waals surface area contributed by atoms with Gasteiger partial charge in [0.2, 0.25) is 0 Å². The van der Waals surface area contributed by atoms with E-state index in [4.69, 9.17) is 0 Å². The first-order valence-corrected chi connectivity index (χ1v) is 1.71. The average Bonchev–Trinajstić information content (AvgIpc) is 1.88. The van der Waals surface area contributed by atoms with Crippen LogP contribution in [0.5, 0.6) is 0 Å². The van der Waals surface area contributed by atoms with E-state index < -0.39 is 17.1 Å². The third kappa shape index (κ3) is 0.349. The van der Waals surface area contributed by atoms with Crippen molar-refractivity contribution in [3.63, 3.8) is 0 Å². The average molecular weight is 130 g/mol. The molecule has 0 saturated carbocycles. The number of halogens is 4. The minimum atomic E-state index is -4.12. The molecule has 1 aliphatic rings. The number of hydrogen-bond donors (Lipinski definition) is 1. The maximum atomic E-state index is 11.4. The molecular weight excluding hydrogens is 128 g/mol. The molecule has 8 heavy (non-hydrogen) atoms. The van der Waals surface area contributed by atoms with Gasteiger partial charge in [-0.1, -0.05) is 0 Å². The Kier molecular flexibility index (Phi) is 0.711. The van der Waals surface area contributed by atoms with Gasteiger partial charge in [-0.2, -0.15) is 17.6 Å². The highest BCUT2D eigenvalue weighted by Crippen LogP contribution is 2.53. The van der Waals surface area contributed by atoms with Crippen LogP contribution in [0.3, 0.4) is 0 Å². The molecule has 1 heterocycles. The van der Waals surface area contributed by atoms with Crippen LogP contribution in [0, 0.1) is 0 Å². The van der Waals surface area contributed by atoms with Gasteiger partial charge < -0.3 is 0 Å². The summed E-state index contributed by atoms with van der Waals surface area (Å²) in [6, 6.07) is -8.24. The van der Waals surface area contributed by atoms with Crippen LogP contribution in [0.1, 0.15) is 0 Å². The summed E-state index contributed by atoms with van der Waals surface area (Å²) in [6.45, 7) is 0. The lowest BCUT2D eigenvalue weighted by atomic mass is 10.8. The van der Waals surface area contributed by atoms with Crippen molar-refractivity contribution in [1.29, 1.82) is 0 Å². The highest BCUT2D eigenvalue weighted by Gasteiger charge is 2.83. The van der Waals surface area contributed by atoms with Crippen LogP contribution in [0.25, 0.3) is 0 Å². The maximum Gasteiger partial charge on any atom is 0.400 e. The topological polar surface area (TPSA) is 29.0 Å². The van der Waals surface area contributed by atoms with E-state index in [1.807, 2.05) is 0 Å². The Bertz CT molecular complexity index is 107. The summed E-state index contributed by atoms with van der Waals surface area (Å²) < 4.78 is 45.4. The highest BCUT2D eigenvalue weighted by molar-refractivity contribution is 4.97. The van der Waals surface area contributed by atoms with Crippen LogP contribution in [0.4, 0.5) is 17.6 Å². The van der Waals surface area contributed by atoms with Crippen molar-refractivity contribution >= 4 is 0 Å². The molecule has 1 fully saturated rings. The molecule has 1 rings (SSSR count). The molecule has 0 unspecified atom stereocenters. The Morgan fingerprint density at radius 1 is 1.00 bits per heavy atom. The number of hydrazine groups is 1. The Morgan fingerprint density at radius 2 is 1.12 bits per heavy atom. The van der Waals surface area contributed by atoms with Gasteiger partial charge in [-0.25, -0.2) is 0 Å². The molecule has 0 aliphatic carbocycles. The summed E-state index contributed by atoms with van der Waals surface area (Å²) in [5, 5.41) is -0.792. The second kappa shape index (κ2) is 0.985. The normalized spacial score (nSPS) is 32.6. The van der Waals surface area contributed by atoms with Gasteiger partial charge in [-0.05, 0) is 0 Å². The lowest BCUT2D eigenvalue weighted by Gasteiger charge is -1.82. The summed E-state index contributed by atoms with van der Waals surface area (Å²) in [6.07, 6.45) is 0. The van der Waals surface area contributed by atoms with Crippen molar-refractivity contribution in [1.82, 2.24) is 5.01 Å².